The van der Waals surface area contributed by atoms with Gasteiger partial charge in [0, 0.05) is 37.4 Å². The second kappa shape index (κ2) is 6.56. The summed E-state index contributed by atoms with van der Waals surface area (Å²) in [6.45, 7) is 8.67. The zero-order chi connectivity index (χ0) is 17.4. The number of aryl methyl sites for hydroxylation is 2. The highest BCUT2D eigenvalue weighted by Crippen LogP contribution is 2.41. The van der Waals surface area contributed by atoms with Crippen molar-refractivity contribution in [1.82, 2.24) is 14.7 Å². The van der Waals surface area contributed by atoms with Crippen molar-refractivity contribution in [3.63, 3.8) is 0 Å². The summed E-state index contributed by atoms with van der Waals surface area (Å²) < 4.78 is 7.73. The van der Waals surface area contributed by atoms with Gasteiger partial charge in [-0.3, -0.25) is 4.90 Å². The number of benzene rings is 1. The third-order valence-electron chi connectivity index (χ3n) is 5.82. The van der Waals surface area contributed by atoms with Crippen LogP contribution in [0.1, 0.15) is 23.4 Å². The maximum absolute atomic E-state index is 9.99. The van der Waals surface area contributed by atoms with Crippen molar-refractivity contribution in [3.8, 4) is 5.69 Å². The first-order chi connectivity index (χ1) is 12.1. The highest BCUT2D eigenvalue weighted by Gasteiger charge is 2.48. The largest absolute Gasteiger partial charge is 0.396 e. The Bertz CT molecular complexity index is 757. The summed E-state index contributed by atoms with van der Waals surface area (Å²) in [5.41, 5.74) is 4.54. The first-order valence-electron chi connectivity index (χ1n) is 9.14. The monoisotopic (exact) mass is 341 g/mol. The van der Waals surface area contributed by atoms with E-state index in [0.29, 0.717) is 12.5 Å². The summed E-state index contributed by atoms with van der Waals surface area (Å²) in [5, 5.41) is 14.6. The first kappa shape index (κ1) is 16.8. The average Bonchev–Trinajstić information content (AvgIpc) is 3.14. The second-order valence-corrected chi connectivity index (χ2v) is 7.70. The number of nitrogens with zero attached hydrogens (tertiary/aromatic N) is 3. The third kappa shape index (κ3) is 3.01. The van der Waals surface area contributed by atoms with Gasteiger partial charge in [0.2, 0.25) is 0 Å². The van der Waals surface area contributed by atoms with E-state index in [0.717, 1.165) is 49.7 Å². The lowest BCUT2D eigenvalue weighted by Gasteiger charge is -2.36. The molecule has 0 saturated carbocycles. The van der Waals surface area contributed by atoms with Gasteiger partial charge in [-0.1, -0.05) is 18.2 Å². The molecule has 2 atom stereocenters. The molecule has 2 aliphatic heterocycles. The molecule has 1 aromatic heterocycles. The molecule has 25 heavy (non-hydrogen) atoms. The molecule has 1 aromatic carbocycles. The number of hydrogen-bond donors (Lipinski definition) is 1. The minimum Gasteiger partial charge on any atom is -0.396 e. The van der Waals surface area contributed by atoms with E-state index >= 15 is 0 Å². The van der Waals surface area contributed by atoms with Crippen LogP contribution in [0.25, 0.3) is 5.69 Å². The molecule has 0 spiro atoms. The molecule has 2 aliphatic rings. The van der Waals surface area contributed by atoms with Gasteiger partial charge in [0.05, 0.1) is 24.6 Å². The average molecular weight is 341 g/mol. The Balaban J connectivity index is 1.59. The summed E-state index contributed by atoms with van der Waals surface area (Å²) >= 11 is 0. The smallest absolute Gasteiger partial charge is 0.0693 e. The van der Waals surface area contributed by atoms with Crippen LogP contribution in [0.5, 0.6) is 0 Å². The molecule has 4 rings (SSSR count). The van der Waals surface area contributed by atoms with E-state index in [1.54, 1.807) is 0 Å². The first-order valence-corrected chi connectivity index (χ1v) is 9.14. The number of ether oxygens (including phenoxy) is 1. The van der Waals surface area contributed by atoms with E-state index in [2.05, 4.69) is 47.3 Å². The Morgan fingerprint density at radius 2 is 2.16 bits per heavy atom. The molecule has 3 heterocycles. The highest BCUT2D eigenvalue weighted by atomic mass is 16.5. The van der Waals surface area contributed by atoms with Gasteiger partial charge in [0.1, 0.15) is 0 Å². The molecule has 2 fully saturated rings. The predicted octanol–water partition coefficient (Wildman–Crippen LogP) is 2.32. The van der Waals surface area contributed by atoms with Crippen LogP contribution in [0.15, 0.2) is 30.3 Å². The highest BCUT2D eigenvalue weighted by molar-refractivity contribution is 5.42. The van der Waals surface area contributed by atoms with E-state index < -0.39 is 0 Å². The Morgan fingerprint density at radius 1 is 1.32 bits per heavy atom. The summed E-state index contributed by atoms with van der Waals surface area (Å²) in [5.74, 6) is 0.534. The van der Waals surface area contributed by atoms with Crippen molar-refractivity contribution in [1.29, 1.82) is 0 Å². The van der Waals surface area contributed by atoms with Crippen LogP contribution in [0.4, 0.5) is 0 Å². The fourth-order valence-corrected chi connectivity index (χ4v) is 4.52. The van der Waals surface area contributed by atoms with Crippen LogP contribution in [0.2, 0.25) is 0 Å². The van der Waals surface area contributed by atoms with Gasteiger partial charge in [0.15, 0.2) is 0 Å². The lowest BCUT2D eigenvalue weighted by atomic mass is 9.76. The van der Waals surface area contributed by atoms with Crippen molar-refractivity contribution in [3.05, 3.63) is 47.3 Å². The van der Waals surface area contributed by atoms with Crippen LogP contribution < -0.4 is 0 Å². The molecular weight excluding hydrogens is 314 g/mol. The van der Waals surface area contributed by atoms with Crippen molar-refractivity contribution in [2.75, 3.05) is 32.9 Å². The van der Waals surface area contributed by atoms with Gasteiger partial charge < -0.3 is 9.84 Å². The lowest BCUT2D eigenvalue weighted by Crippen LogP contribution is -2.42. The van der Waals surface area contributed by atoms with Crippen LogP contribution in [0, 0.1) is 25.2 Å². The molecule has 5 nitrogen and oxygen atoms in total. The van der Waals surface area contributed by atoms with E-state index in [1.807, 2.05) is 11.6 Å². The van der Waals surface area contributed by atoms with Crippen molar-refractivity contribution in [2.45, 2.75) is 26.8 Å². The molecule has 0 radical (unpaired) electrons. The van der Waals surface area contributed by atoms with Gasteiger partial charge in [0.25, 0.3) is 0 Å². The normalized spacial score (nSPS) is 26.8. The van der Waals surface area contributed by atoms with Gasteiger partial charge in [-0.25, -0.2) is 4.68 Å². The van der Waals surface area contributed by atoms with Crippen molar-refractivity contribution in [2.24, 2.45) is 11.3 Å². The van der Waals surface area contributed by atoms with E-state index in [1.165, 1.54) is 5.56 Å². The molecule has 5 heteroatoms. The fourth-order valence-electron chi connectivity index (χ4n) is 4.52. The Hall–Kier alpha value is -1.69. The zero-order valence-electron chi connectivity index (χ0n) is 15.1. The molecular formula is C20H27N3O2. The SMILES string of the molecule is Cc1cc(C)n(-c2ccccc2CN2C[C@@H]3CCOC[C@]3(CO)C2)n1. The molecule has 0 bridgehead atoms. The summed E-state index contributed by atoms with van der Waals surface area (Å²) in [7, 11) is 0. The molecule has 0 unspecified atom stereocenters. The van der Waals surface area contributed by atoms with Crippen molar-refractivity contribution < 1.29 is 9.84 Å². The zero-order valence-corrected chi connectivity index (χ0v) is 15.1. The van der Waals surface area contributed by atoms with Crippen LogP contribution in [-0.4, -0.2) is 52.7 Å². The standard InChI is InChI=1S/C20H27N3O2/c1-15-9-16(2)23(21-15)19-6-4-3-5-17(19)10-22-11-18-7-8-25-14-20(18,12-22)13-24/h3-6,9,18,24H,7-8,10-14H2,1-2H3/t18-,20+/m0/s1. The van der Waals surface area contributed by atoms with E-state index in [-0.39, 0.29) is 12.0 Å². The number of aromatic nitrogens is 2. The van der Waals surface area contributed by atoms with Crippen LogP contribution in [0.3, 0.4) is 0 Å². The molecule has 2 aromatic rings. The van der Waals surface area contributed by atoms with Crippen LogP contribution >= 0.6 is 0 Å². The topological polar surface area (TPSA) is 50.5 Å². The number of para-hydroxylation sites is 1. The lowest BCUT2D eigenvalue weighted by molar-refractivity contribution is -0.0561. The van der Waals surface area contributed by atoms with Crippen molar-refractivity contribution >= 4 is 0 Å². The number of aliphatic hydroxyl groups excluding tert-OH is 1. The maximum atomic E-state index is 9.99. The van der Waals surface area contributed by atoms with Gasteiger partial charge in [-0.15, -0.1) is 0 Å². The molecule has 134 valence electrons. The molecule has 0 amide bonds. The van der Waals surface area contributed by atoms with Crippen LogP contribution in [-0.2, 0) is 11.3 Å². The Morgan fingerprint density at radius 3 is 2.88 bits per heavy atom. The van der Waals surface area contributed by atoms with Gasteiger partial charge in [-0.2, -0.15) is 5.10 Å². The molecule has 1 N–H and O–H groups in total. The second-order valence-electron chi connectivity index (χ2n) is 7.70. The quantitative estimate of drug-likeness (QED) is 0.927. The molecule has 0 aliphatic carbocycles. The molecule has 2 saturated heterocycles. The van der Waals surface area contributed by atoms with E-state index in [9.17, 15) is 5.11 Å². The minimum atomic E-state index is -0.0780. The Kier molecular flexibility index (Phi) is 4.40. The van der Waals surface area contributed by atoms with E-state index in [4.69, 9.17) is 4.74 Å². The van der Waals surface area contributed by atoms with Gasteiger partial charge in [-0.05, 0) is 43.9 Å². The number of likely N-dealkylation sites (tertiary alicyclic amines) is 1. The Labute approximate surface area is 149 Å². The number of fused-ring (bicyclic) bond motifs is 1. The summed E-state index contributed by atoms with van der Waals surface area (Å²) in [6.07, 6.45) is 1.05. The summed E-state index contributed by atoms with van der Waals surface area (Å²) in [4.78, 5) is 2.47. The minimum absolute atomic E-state index is 0.0780. The number of aliphatic hydroxyl groups is 1. The predicted molar refractivity (Wildman–Crippen MR) is 96.8 cm³/mol. The third-order valence-corrected chi connectivity index (χ3v) is 5.82. The fraction of sp³-hybridized carbons (Fsp3) is 0.550. The van der Waals surface area contributed by atoms with Gasteiger partial charge >= 0.3 is 0 Å². The summed E-state index contributed by atoms with van der Waals surface area (Å²) in [6, 6.07) is 10.6. The number of rotatable bonds is 4. The maximum Gasteiger partial charge on any atom is 0.0693 e. The number of hydrogen-bond acceptors (Lipinski definition) is 4.